The Balaban J connectivity index is 1.52. The zero-order chi connectivity index (χ0) is 38.3. The van der Waals surface area contributed by atoms with Crippen LogP contribution >= 0.6 is 0 Å². The van der Waals surface area contributed by atoms with E-state index < -0.39 is 66.5 Å². The second-order valence-electron chi connectivity index (χ2n) is 14.8. The number of carboxylic acids is 2. The van der Waals surface area contributed by atoms with Crippen molar-refractivity contribution < 1.29 is 53.0 Å². The van der Waals surface area contributed by atoms with Gasteiger partial charge in [0.05, 0.1) is 36.7 Å². The molecule has 52 heavy (non-hydrogen) atoms. The van der Waals surface area contributed by atoms with Crippen LogP contribution in [0.5, 0.6) is 0 Å². The summed E-state index contributed by atoms with van der Waals surface area (Å²) < 4.78 is 22.7. The van der Waals surface area contributed by atoms with Gasteiger partial charge in [-0.05, 0) is 64.4 Å². The molecule has 2 bridgehead atoms. The van der Waals surface area contributed by atoms with Crippen molar-refractivity contribution in [2.45, 2.75) is 107 Å². The second-order valence-corrected chi connectivity index (χ2v) is 14.8. The third-order valence-electron chi connectivity index (χ3n) is 11.3. The summed E-state index contributed by atoms with van der Waals surface area (Å²) in [4.78, 5) is 67.3. The smallest absolute Gasteiger partial charge is 0.481 e. The van der Waals surface area contributed by atoms with Crippen LogP contribution in [0.4, 0.5) is 4.79 Å². The van der Waals surface area contributed by atoms with Crippen molar-refractivity contribution in [1.29, 1.82) is 5.26 Å². The van der Waals surface area contributed by atoms with Crippen molar-refractivity contribution in [3.05, 3.63) is 35.9 Å². The average molecular weight is 727 g/mol. The summed E-state index contributed by atoms with van der Waals surface area (Å²) in [6.45, 7) is 9.87. The lowest BCUT2D eigenvalue weighted by Crippen LogP contribution is -2.59. The first kappa shape index (κ1) is 40.7. The van der Waals surface area contributed by atoms with Crippen molar-refractivity contribution in [1.82, 2.24) is 15.1 Å². The van der Waals surface area contributed by atoms with Crippen LogP contribution in [0.1, 0.15) is 71.8 Å². The summed E-state index contributed by atoms with van der Waals surface area (Å²) in [7, 11) is -0.311. The molecule has 0 aliphatic carbocycles. The highest BCUT2D eigenvalue weighted by molar-refractivity contribution is 6.47. The number of aldehydes is 1. The van der Waals surface area contributed by atoms with Gasteiger partial charge in [-0.3, -0.25) is 14.5 Å². The van der Waals surface area contributed by atoms with Gasteiger partial charge in [-0.25, -0.2) is 9.59 Å². The minimum atomic E-state index is -2.47. The first-order valence-corrected chi connectivity index (χ1v) is 17.8. The van der Waals surface area contributed by atoms with Gasteiger partial charge in [0.2, 0.25) is 5.91 Å². The SMILES string of the molecule is COB(OC(CC=O)(CC(=O)O)C(=O)O)C(Cc1ccccc1)NC(=O)OCC12CCC(CC1)N2C(=O)C(C#N)C(C)C(C)(C)N1CCOC(C)C1. The summed E-state index contributed by atoms with van der Waals surface area (Å²) in [5.74, 6) is -5.81. The lowest BCUT2D eigenvalue weighted by atomic mass is 9.73. The average Bonchev–Trinajstić information content (AvgIpc) is 3.65. The molecular weight excluding hydrogens is 675 g/mol. The fraction of sp³-hybridized carbons (Fsp3) is 0.667. The van der Waals surface area contributed by atoms with Gasteiger partial charge in [-0.1, -0.05) is 37.3 Å². The number of fused-ring (bicyclic) bond motifs is 2. The molecule has 0 spiro atoms. The molecule has 1 aromatic rings. The Bertz CT molecular complexity index is 1480. The van der Waals surface area contributed by atoms with Crippen LogP contribution in [0.15, 0.2) is 30.3 Å². The normalized spacial score (nSPS) is 24.5. The van der Waals surface area contributed by atoms with Crippen LogP contribution < -0.4 is 5.32 Å². The van der Waals surface area contributed by atoms with Crippen molar-refractivity contribution in [2.24, 2.45) is 11.8 Å². The number of alkyl carbamates (subject to hydrolysis) is 1. The molecular formula is C36H51BN4O11. The molecule has 3 aliphatic heterocycles. The number of carboxylic acid groups (broad SMARTS) is 2. The van der Waals surface area contributed by atoms with Gasteiger partial charge in [0.15, 0.2) is 5.60 Å². The molecule has 2 amide bonds. The molecule has 0 saturated carbocycles. The molecule has 3 fully saturated rings. The van der Waals surface area contributed by atoms with Crippen LogP contribution in [0.2, 0.25) is 0 Å². The van der Waals surface area contributed by atoms with Crippen molar-refractivity contribution in [2.75, 3.05) is 33.4 Å². The van der Waals surface area contributed by atoms with Gasteiger partial charge in [0.1, 0.15) is 18.8 Å². The number of carbonyl (C=O) groups is 5. The van der Waals surface area contributed by atoms with E-state index in [1.165, 1.54) is 7.11 Å². The Morgan fingerprint density at radius 1 is 1.19 bits per heavy atom. The molecule has 3 aliphatic rings. The number of nitrogens with zero attached hydrogens (tertiary/aromatic N) is 3. The molecule has 1 aromatic carbocycles. The van der Waals surface area contributed by atoms with E-state index in [2.05, 4.69) is 30.1 Å². The van der Waals surface area contributed by atoms with Crippen LogP contribution in [-0.2, 0) is 44.4 Å². The first-order valence-electron chi connectivity index (χ1n) is 17.8. The van der Waals surface area contributed by atoms with Gasteiger partial charge in [0, 0.05) is 38.2 Å². The van der Waals surface area contributed by atoms with Crippen LogP contribution in [0, 0.1) is 23.2 Å². The summed E-state index contributed by atoms with van der Waals surface area (Å²) in [5.41, 5.74) is -3.04. The summed E-state index contributed by atoms with van der Waals surface area (Å²) in [6, 6.07) is 11.1. The summed E-state index contributed by atoms with van der Waals surface area (Å²) in [5, 5.41) is 32.5. The molecule has 5 unspecified atom stereocenters. The number of amides is 2. The maximum absolute atomic E-state index is 14.3. The molecule has 4 rings (SSSR count). The maximum Gasteiger partial charge on any atom is 0.482 e. The van der Waals surface area contributed by atoms with Crippen molar-refractivity contribution in [3.8, 4) is 6.07 Å². The molecule has 0 radical (unpaired) electrons. The minimum absolute atomic E-state index is 0.0382. The lowest BCUT2D eigenvalue weighted by Gasteiger charge is -2.48. The zero-order valence-electron chi connectivity index (χ0n) is 30.6. The van der Waals surface area contributed by atoms with Gasteiger partial charge >= 0.3 is 25.2 Å². The highest BCUT2D eigenvalue weighted by Gasteiger charge is 2.57. The number of rotatable bonds is 18. The Morgan fingerprint density at radius 3 is 2.42 bits per heavy atom. The Morgan fingerprint density at radius 2 is 1.87 bits per heavy atom. The molecule has 15 nitrogen and oxygen atoms in total. The molecule has 3 saturated heterocycles. The van der Waals surface area contributed by atoms with Gasteiger partial charge in [-0.2, -0.15) is 5.26 Å². The number of benzene rings is 1. The topological polar surface area (TPSA) is 205 Å². The number of hydrogen-bond acceptors (Lipinski definition) is 11. The maximum atomic E-state index is 14.3. The highest BCUT2D eigenvalue weighted by Crippen LogP contribution is 2.48. The Kier molecular flexibility index (Phi) is 13.5. The van der Waals surface area contributed by atoms with Crippen LogP contribution in [0.3, 0.4) is 0 Å². The number of morpholine rings is 1. The number of carbonyl (C=O) groups excluding carboxylic acids is 3. The third-order valence-corrected chi connectivity index (χ3v) is 11.3. The van der Waals surface area contributed by atoms with E-state index in [1.807, 2.05) is 13.8 Å². The summed E-state index contributed by atoms with van der Waals surface area (Å²) in [6.07, 6.45) is 0.236. The minimum Gasteiger partial charge on any atom is -0.481 e. The zero-order valence-corrected chi connectivity index (χ0v) is 30.6. The quantitative estimate of drug-likeness (QED) is 0.147. The van der Waals surface area contributed by atoms with E-state index in [0.29, 0.717) is 50.9 Å². The predicted molar refractivity (Wildman–Crippen MR) is 187 cm³/mol. The van der Waals surface area contributed by atoms with Crippen molar-refractivity contribution in [3.63, 3.8) is 0 Å². The molecule has 0 aromatic heterocycles. The molecule has 5 atom stereocenters. The standard InChI is InChI=1S/C36H51BN4O11/c1-24-22-40(16-18-50-24)34(3,4)25(2)28(21-38)31(45)41-27-11-13-35(41,14-12-27)23-51-33(48)39-29(19-26-9-7-6-8-10-26)37(49-5)52-36(15-17-42,32(46)47)20-30(43)44/h6-10,17,24-25,27-29H,11-16,18-20,22-23H2,1-5H3,(H,39,48)(H,43,44)(H,46,47). The van der Waals surface area contributed by atoms with Gasteiger partial charge < -0.3 is 44.0 Å². The van der Waals surface area contributed by atoms with Crippen molar-refractivity contribution >= 4 is 37.3 Å². The van der Waals surface area contributed by atoms with E-state index in [1.54, 1.807) is 35.2 Å². The Labute approximate surface area is 305 Å². The number of nitriles is 1. The summed E-state index contributed by atoms with van der Waals surface area (Å²) >= 11 is 0. The van der Waals surface area contributed by atoms with Crippen LogP contribution in [-0.4, -0.2) is 126 Å². The third kappa shape index (κ3) is 8.94. The molecule has 3 heterocycles. The molecule has 3 N–H and O–H groups in total. The molecule has 284 valence electrons. The number of aliphatic carboxylic acids is 2. The highest BCUT2D eigenvalue weighted by atomic mass is 16.6. The van der Waals surface area contributed by atoms with E-state index in [0.717, 1.165) is 0 Å². The fourth-order valence-electron chi connectivity index (χ4n) is 7.97. The van der Waals surface area contributed by atoms with E-state index >= 15 is 0 Å². The predicted octanol–water partition coefficient (Wildman–Crippen LogP) is 2.70. The fourth-order valence-corrected chi connectivity index (χ4v) is 7.97. The molecule has 16 heteroatoms. The van der Waals surface area contributed by atoms with E-state index in [-0.39, 0.29) is 43.3 Å². The number of ether oxygens (including phenoxy) is 2. The van der Waals surface area contributed by atoms with E-state index in [9.17, 15) is 39.4 Å². The largest absolute Gasteiger partial charge is 0.482 e. The van der Waals surface area contributed by atoms with Crippen LogP contribution in [0.25, 0.3) is 0 Å². The monoisotopic (exact) mass is 726 g/mol. The van der Waals surface area contributed by atoms with E-state index in [4.69, 9.17) is 18.8 Å². The number of hydrogen-bond donors (Lipinski definition) is 3. The lowest BCUT2D eigenvalue weighted by molar-refractivity contribution is -0.165. The van der Waals surface area contributed by atoms with Gasteiger partial charge in [0.25, 0.3) is 0 Å². The van der Waals surface area contributed by atoms with Gasteiger partial charge in [-0.15, -0.1) is 0 Å². The number of nitrogens with one attached hydrogen (secondary N) is 1. The second kappa shape index (κ2) is 17.2. The first-order chi connectivity index (χ1) is 24.6. The Hall–Kier alpha value is -4.04.